The molecule has 0 spiro atoms. The molecule has 10 heteroatoms. The van der Waals surface area contributed by atoms with Crippen molar-refractivity contribution in [3.05, 3.63) is 41.6 Å². The zero-order chi connectivity index (χ0) is 15.8. The third-order valence-corrected chi connectivity index (χ3v) is 3.51. The minimum absolute atomic E-state index is 0.108. The molecule has 0 aromatic heterocycles. The molecule has 0 aliphatic carbocycles. The Labute approximate surface area is 150 Å². The highest BCUT2D eigenvalue weighted by Gasteiger charge is 2.37. The van der Waals surface area contributed by atoms with Crippen molar-refractivity contribution in [2.45, 2.75) is 7.71 Å². The van der Waals surface area contributed by atoms with E-state index in [1.54, 1.807) is 12.1 Å². The highest BCUT2D eigenvalue weighted by molar-refractivity contribution is 6.69. The summed E-state index contributed by atoms with van der Waals surface area (Å²) >= 11 is 35.0. The van der Waals surface area contributed by atoms with E-state index in [0.717, 1.165) is 5.12 Å². The van der Waals surface area contributed by atoms with Crippen molar-refractivity contribution in [2.24, 2.45) is 5.10 Å². The van der Waals surface area contributed by atoms with Crippen molar-refractivity contribution in [3.8, 4) is 5.75 Å². The van der Waals surface area contributed by atoms with E-state index in [1.165, 1.54) is 18.2 Å². The number of alkyl halides is 6. The average Bonchev–Trinajstić information content (AvgIpc) is 2.37. The van der Waals surface area contributed by atoms with Crippen molar-refractivity contribution in [1.82, 2.24) is 10.5 Å². The summed E-state index contributed by atoms with van der Waals surface area (Å²) in [4.78, 5) is 0. The summed E-state index contributed by atoms with van der Waals surface area (Å²) in [5.41, 5.74) is 3.80. The predicted octanol–water partition coefficient (Wildman–Crippen LogP) is 4.50. The number of allylic oxidation sites excluding steroid dienone is 2. The van der Waals surface area contributed by atoms with Crippen LogP contribution in [-0.2, 0) is 0 Å². The van der Waals surface area contributed by atoms with E-state index in [9.17, 15) is 5.11 Å². The van der Waals surface area contributed by atoms with Crippen LogP contribution in [0, 0.1) is 0 Å². The van der Waals surface area contributed by atoms with Gasteiger partial charge in [0.25, 0.3) is 0 Å². The molecule has 2 rings (SSSR count). The molecule has 21 heavy (non-hydrogen) atoms. The van der Waals surface area contributed by atoms with E-state index >= 15 is 0 Å². The number of hydrazone groups is 1. The third kappa shape index (κ3) is 4.38. The lowest BCUT2D eigenvalue weighted by molar-refractivity contribution is 0.216. The lowest BCUT2D eigenvalue weighted by atomic mass is 10.1. The van der Waals surface area contributed by atoms with Gasteiger partial charge in [-0.15, -0.1) is 0 Å². The highest BCUT2D eigenvalue weighted by atomic mass is 35.6. The highest BCUT2D eigenvalue weighted by Crippen LogP contribution is 2.38. The quantitative estimate of drug-likeness (QED) is 0.530. The van der Waals surface area contributed by atoms with Crippen LogP contribution < -0.4 is 5.43 Å². The van der Waals surface area contributed by atoms with E-state index in [1.807, 2.05) is 0 Å². The molecule has 0 fully saturated rings. The first-order valence-corrected chi connectivity index (χ1v) is 7.64. The number of hydrogen-bond acceptors (Lipinski definition) is 4. The van der Waals surface area contributed by atoms with E-state index in [4.69, 9.17) is 69.6 Å². The van der Waals surface area contributed by atoms with Crippen LogP contribution in [0.4, 0.5) is 0 Å². The first-order chi connectivity index (χ1) is 9.57. The minimum atomic E-state index is -1.89. The number of nitrogens with one attached hydrogen (secondary N) is 1. The average molecular weight is 410 g/mol. The summed E-state index contributed by atoms with van der Waals surface area (Å²) in [6, 6.07) is 6.23. The monoisotopic (exact) mass is 407 g/mol. The fourth-order valence-corrected chi connectivity index (χ4v) is 2.01. The number of hydrogen-bond donors (Lipinski definition) is 2. The zero-order valence-electron chi connectivity index (χ0n) is 10.00. The minimum Gasteiger partial charge on any atom is -0.508 e. The standard InChI is InChI=1S/C11H7Cl6N3O/c12-10(13,14)9-5-8(6-1-3-7(21)4-2-6)18-20(19-9)11(15,16)17/h1-5,19,21H. The molecule has 4 nitrogen and oxygen atoms in total. The fraction of sp³-hybridized carbons (Fsp3) is 0.182. The Balaban J connectivity index is 2.46. The van der Waals surface area contributed by atoms with Crippen molar-refractivity contribution in [3.63, 3.8) is 0 Å². The van der Waals surface area contributed by atoms with Crippen LogP contribution in [0.1, 0.15) is 5.56 Å². The van der Waals surface area contributed by atoms with Gasteiger partial charge in [-0.2, -0.15) is 10.2 Å². The van der Waals surface area contributed by atoms with Crippen LogP contribution in [0.25, 0.3) is 0 Å². The summed E-state index contributed by atoms with van der Waals surface area (Å²) in [6.45, 7) is 0. The predicted molar refractivity (Wildman–Crippen MR) is 88.3 cm³/mol. The number of phenolic OH excluding ortho intramolecular Hbond substituents is 1. The topological polar surface area (TPSA) is 47.9 Å². The zero-order valence-corrected chi connectivity index (χ0v) is 14.5. The smallest absolute Gasteiger partial charge is 0.301 e. The lowest BCUT2D eigenvalue weighted by Crippen LogP contribution is -2.47. The van der Waals surface area contributed by atoms with Crippen LogP contribution in [0.5, 0.6) is 5.75 Å². The fourth-order valence-electron chi connectivity index (χ4n) is 1.48. The molecule has 0 saturated heterocycles. The van der Waals surface area contributed by atoms with Gasteiger partial charge in [0.05, 0.1) is 11.4 Å². The van der Waals surface area contributed by atoms with E-state index in [0.29, 0.717) is 11.3 Å². The summed E-state index contributed by atoms with van der Waals surface area (Å²) in [6.07, 6.45) is 1.51. The van der Waals surface area contributed by atoms with Gasteiger partial charge in [-0.3, -0.25) is 5.43 Å². The number of benzene rings is 1. The molecule has 1 aromatic carbocycles. The van der Waals surface area contributed by atoms with Gasteiger partial charge >= 0.3 is 3.92 Å². The Hall–Kier alpha value is -0.230. The second-order valence-electron chi connectivity index (χ2n) is 3.98. The van der Waals surface area contributed by atoms with Crippen LogP contribution in [-0.4, -0.2) is 23.6 Å². The number of phenols is 1. The molecule has 0 amide bonds. The molecule has 1 aliphatic heterocycles. The van der Waals surface area contributed by atoms with Crippen LogP contribution in [0.2, 0.25) is 0 Å². The first-order valence-electron chi connectivity index (χ1n) is 5.38. The first kappa shape index (κ1) is 17.1. The van der Waals surface area contributed by atoms with Crippen molar-refractivity contribution < 1.29 is 5.11 Å². The van der Waals surface area contributed by atoms with Gasteiger partial charge in [-0.1, -0.05) is 69.6 Å². The molecule has 0 radical (unpaired) electrons. The van der Waals surface area contributed by atoms with Crippen LogP contribution in [0.3, 0.4) is 0 Å². The van der Waals surface area contributed by atoms with Gasteiger partial charge in [0.2, 0.25) is 3.79 Å². The maximum atomic E-state index is 9.31. The summed E-state index contributed by atoms with van der Waals surface area (Å²) in [5, 5.41) is 14.4. The molecule has 1 heterocycles. The van der Waals surface area contributed by atoms with E-state index in [-0.39, 0.29) is 11.4 Å². The number of aromatic hydroxyl groups is 1. The number of nitrogens with zero attached hydrogens (tertiary/aromatic N) is 2. The molecule has 0 atom stereocenters. The largest absolute Gasteiger partial charge is 0.508 e. The number of halogens is 6. The number of hydrazine groups is 1. The second kappa shape index (κ2) is 6.11. The summed E-state index contributed by atoms with van der Waals surface area (Å²) < 4.78 is -3.65. The van der Waals surface area contributed by atoms with Crippen molar-refractivity contribution in [1.29, 1.82) is 0 Å². The molecule has 0 saturated carbocycles. The van der Waals surface area contributed by atoms with Crippen molar-refractivity contribution in [2.75, 3.05) is 0 Å². The third-order valence-electron chi connectivity index (χ3n) is 2.42. The van der Waals surface area contributed by atoms with Gasteiger partial charge in [0.1, 0.15) is 5.75 Å². The normalized spacial score (nSPS) is 16.2. The van der Waals surface area contributed by atoms with E-state index in [2.05, 4.69) is 10.5 Å². The van der Waals surface area contributed by atoms with Gasteiger partial charge in [0, 0.05) is 5.56 Å². The molecule has 114 valence electrons. The number of rotatable bonds is 1. The summed E-state index contributed by atoms with van der Waals surface area (Å²) in [5.74, 6) is 0.108. The Morgan fingerprint density at radius 2 is 1.57 bits per heavy atom. The van der Waals surface area contributed by atoms with Gasteiger partial charge < -0.3 is 5.11 Å². The van der Waals surface area contributed by atoms with Gasteiger partial charge in [-0.05, 0) is 30.3 Å². The lowest BCUT2D eigenvalue weighted by Gasteiger charge is -2.33. The molecule has 0 bridgehead atoms. The molecular formula is C11H7Cl6N3O. The molecule has 1 aromatic rings. The second-order valence-corrected chi connectivity index (χ2v) is 8.48. The SMILES string of the molecule is Oc1ccc(C2=NN(C(Cl)(Cl)Cl)NC(C(Cl)(Cl)Cl)=C2)cc1. The Bertz CT molecular complexity index is 587. The van der Waals surface area contributed by atoms with Crippen molar-refractivity contribution >= 4 is 75.3 Å². The maximum Gasteiger partial charge on any atom is 0.301 e. The Morgan fingerprint density at radius 1 is 1.00 bits per heavy atom. The van der Waals surface area contributed by atoms with Crippen LogP contribution in [0.15, 0.2) is 41.1 Å². The molecule has 0 unspecified atom stereocenters. The van der Waals surface area contributed by atoms with Crippen LogP contribution >= 0.6 is 69.6 Å². The van der Waals surface area contributed by atoms with Gasteiger partial charge in [-0.25, -0.2) is 0 Å². The summed E-state index contributed by atoms with van der Waals surface area (Å²) in [7, 11) is 0. The van der Waals surface area contributed by atoms with Gasteiger partial charge in [0.15, 0.2) is 0 Å². The molecule has 1 aliphatic rings. The Kier molecular flexibility index (Phi) is 4.98. The molecular weight excluding hydrogens is 403 g/mol. The maximum absolute atomic E-state index is 9.31. The molecule has 2 N–H and O–H groups in total. The Morgan fingerprint density at radius 3 is 2.05 bits per heavy atom. The van der Waals surface area contributed by atoms with E-state index < -0.39 is 7.71 Å².